The topological polar surface area (TPSA) is 21.3 Å². The maximum Gasteiger partial charge on any atom is 0.131 e. The van der Waals surface area contributed by atoms with E-state index in [2.05, 4.69) is 21.2 Å². The van der Waals surface area contributed by atoms with Crippen LogP contribution < -0.4 is 10.1 Å². The van der Waals surface area contributed by atoms with Crippen LogP contribution >= 0.6 is 27.3 Å². The molecule has 19 heavy (non-hydrogen) atoms. The van der Waals surface area contributed by atoms with Gasteiger partial charge >= 0.3 is 0 Å². The fraction of sp³-hybridized carbons (Fsp3) is 0.286. The van der Waals surface area contributed by atoms with Crippen LogP contribution in [-0.2, 0) is 6.61 Å². The van der Waals surface area contributed by atoms with Gasteiger partial charge in [-0.15, -0.1) is 11.3 Å². The van der Waals surface area contributed by atoms with Gasteiger partial charge in [-0.1, -0.05) is 6.07 Å². The lowest BCUT2D eigenvalue weighted by atomic mass is 10.1. The minimum atomic E-state index is -0.244. The van der Waals surface area contributed by atoms with Crippen molar-refractivity contribution in [2.45, 2.75) is 19.6 Å². The highest BCUT2D eigenvalue weighted by Gasteiger charge is 2.10. The van der Waals surface area contributed by atoms with Crippen molar-refractivity contribution in [1.82, 2.24) is 5.32 Å². The van der Waals surface area contributed by atoms with Crippen molar-refractivity contribution in [3.8, 4) is 5.75 Å². The smallest absolute Gasteiger partial charge is 0.131 e. The van der Waals surface area contributed by atoms with Crippen LogP contribution in [0.25, 0.3) is 0 Å². The van der Waals surface area contributed by atoms with Crippen LogP contribution in [0.5, 0.6) is 5.75 Å². The molecule has 0 aliphatic rings. The van der Waals surface area contributed by atoms with Gasteiger partial charge in [0.15, 0.2) is 0 Å². The molecule has 5 heteroatoms. The lowest BCUT2D eigenvalue weighted by molar-refractivity contribution is 0.307. The number of benzene rings is 1. The molecule has 1 N–H and O–H groups in total. The second kappa shape index (κ2) is 6.50. The van der Waals surface area contributed by atoms with E-state index in [-0.39, 0.29) is 11.9 Å². The van der Waals surface area contributed by atoms with Crippen molar-refractivity contribution in [3.05, 3.63) is 50.4 Å². The summed E-state index contributed by atoms with van der Waals surface area (Å²) in [5.74, 6) is 0.306. The van der Waals surface area contributed by atoms with E-state index in [0.29, 0.717) is 17.9 Å². The molecule has 0 saturated heterocycles. The predicted octanol–water partition coefficient (Wildman–Crippen LogP) is 4.51. The minimum absolute atomic E-state index is 0.0118. The Kier molecular flexibility index (Phi) is 4.96. The molecule has 1 aromatic heterocycles. The van der Waals surface area contributed by atoms with Crippen LogP contribution in [0.4, 0.5) is 4.39 Å². The summed E-state index contributed by atoms with van der Waals surface area (Å²) in [6, 6.07) is 8.95. The van der Waals surface area contributed by atoms with Gasteiger partial charge in [0, 0.05) is 22.5 Å². The highest BCUT2D eigenvalue weighted by Crippen LogP contribution is 2.25. The first-order chi connectivity index (χ1) is 9.10. The molecule has 1 atom stereocenters. The molecular weight excluding hydrogens is 329 g/mol. The molecular formula is C14H15BrFNOS. The first-order valence-electron chi connectivity index (χ1n) is 5.94. The summed E-state index contributed by atoms with van der Waals surface area (Å²) in [5.41, 5.74) is 0.647. The summed E-state index contributed by atoms with van der Waals surface area (Å²) in [6.45, 7) is 2.37. The molecule has 2 rings (SSSR count). The first kappa shape index (κ1) is 14.5. The van der Waals surface area contributed by atoms with E-state index in [1.165, 1.54) is 6.07 Å². The van der Waals surface area contributed by atoms with Crippen LogP contribution in [0.15, 0.2) is 34.1 Å². The van der Waals surface area contributed by atoms with E-state index in [1.807, 2.05) is 26.1 Å². The second-order valence-electron chi connectivity index (χ2n) is 4.19. The van der Waals surface area contributed by atoms with Crippen LogP contribution in [0.1, 0.15) is 23.4 Å². The van der Waals surface area contributed by atoms with E-state index < -0.39 is 0 Å². The molecule has 102 valence electrons. The molecule has 0 aliphatic heterocycles. The fourth-order valence-electron chi connectivity index (χ4n) is 1.69. The summed E-state index contributed by atoms with van der Waals surface area (Å²) >= 11 is 5.01. The Balaban J connectivity index is 2.04. The minimum Gasteiger partial charge on any atom is -0.488 e. The lowest BCUT2D eigenvalue weighted by Crippen LogP contribution is -2.13. The molecule has 0 saturated carbocycles. The Hall–Kier alpha value is -0.910. The third-order valence-electron chi connectivity index (χ3n) is 2.88. The Morgan fingerprint density at radius 1 is 1.37 bits per heavy atom. The van der Waals surface area contributed by atoms with Gasteiger partial charge in [-0.2, -0.15) is 0 Å². The second-order valence-corrected chi connectivity index (χ2v) is 6.74. The summed E-state index contributed by atoms with van der Waals surface area (Å²) in [4.78, 5) is 1.10. The summed E-state index contributed by atoms with van der Waals surface area (Å²) in [6.07, 6.45) is 0. The Bertz CT molecular complexity index is 558. The van der Waals surface area contributed by atoms with Gasteiger partial charge in [-0.05, 0) is 48.1 Å². The van der Waals surface area contributed by atoms with E-state index in [0.717, 1.165) is 8.66 Å². The highest BCUT2D eigenvalue weighted by atomic mass is 79.9. The quantitative estimate of drug-likeness (QED) is 0.862. The summed E-state index contributed by atoms with van der Waals surface area (Å²) in [5, 5.41) is 3.02. The van der Waals surface area contributed by atoms with Crippen molar-refractivity contribution in [2.75, 3.05) is 7.05 Å². The normalized spacial score (nSPS) is 12.4. The average molecular weight is 344 g/mol. The van der Waals surface area contributed by atoms with Crippen molar-refractivity contribution in [1.29, 1.82) is 0 Å². The van der Waals surface area contributed by atoms with Crippen LogP contribution in [0.2, 0.25) is 0 Å². The van der Waals surface area contributed by atoms with Gasteiger partial charge in [0.05, 0.1) is 3.79 Å². The number of ether oxygens (including phenoxy) is 1. The fourth-order valence-corrected chi connectivity index (χ4v) is 3.08. The van der Waals surface area contributed by atoms with E-state index in [1.54, 1.807) is 23.5 Å². The molecule has 0 fully saturated rings. The van der Waals surface area contributed by atoms with Crippen LogP contribution in [0.3, 0.4) is 0 Å². The molecule has 0 spiro atoms. The third-order valence-corrected chi connectivity index (χ3v) is 4.48. The molecule has 1 aromatic carbocycles. The number of rotatable bonds is 5. The van der Waals surface area contributed by atoms with Gasteiger partial charge < -0.3 is 10.1 Å². The maximum atomic E-state index is 13.9. The zero-order chi connectivity index (χ0) is 13.8. The zero-order valence-electron chi connectivity index (χ0n) is 10.7. The Morgan fingerprint density at radius 2 is 2.16 bits per heavy atom. The van der Waals surface area contributed by atoms with Gasteiger partial charge in [0.25, 0.3) is 0 Å². The predicted molar refractivity (Wildman–Crippen MR) is 80.2 cm³/mol. The third kappa shape index (κ3) is 3.78. The Labute approximate surface area is 124 Å². The molecule has 1 unspecified atom stereocenters. The van der Waals surface area contributed by atoms with Crippen LogP contribution in [-0.4, -0.2) is 7.05 Å². The zero-order valence-corrected chi connectivity index (χ0v) is 13.1. The summed E-state index contributed by atoms with van der Waals surface area (Å²) in [7, 11) is 1.81. The molecule has 0 radical (unpaired) electrons. The SMILES string of the molecule is CNC(C)c1ccc(OCc2ccc(Br)s2)cc1F. The number of hydrogen-bond donors (Lipinski definition) is 1. The Morgan fingerprint density at radius 3 is 2.74 bits per heavy atom. The average Bonchev–Trinajstić information content (AvgIpc) is 2.81. The summed E-state index contributed by atoms with van der Waals surface area (Å²) < 4.78 is 20.5. The molecule has 0 amide bonds. The van der Waals surface area contributed by atoms with Gasteiger partial charge in [0.2, 0.25) is 0 Å². The van der Waals surface area contributed by atoms with Gasteiger partial charge in [-0.25, -0.2) is 4.39 Å². The van der Waals surface area contributed by atoms with E-state index in [9.17, 15) is 4.39 Å². The lowest BCUT2D eigenvalue weighted by Gasteiger charge is -2.13. The first-order valence-corrected chi connectivity index (χ1v) is 7.55. The highest BCUT2D eigenvalue weighted by molar-refractivity contribution is 9.11. The molecule has 2 nitrogen and oxygen atoms in total. The number of hydrogen-bond acceptors (Lipinski definition) is 3. The number of halogens is 2. The largest absolute Gasteiger partial charge is 0.488 e. The van der Waals surface area contributed by atoms with Crippen molar-refractivity contribution >= 4 is 27.3 Å². The van der Waals surface area contributed by atoms with Crippen LogP contribution in [0, 0.1) is 5.82 Å². The van der Waals surface area contributed by atoms with Crippen molar-refractivity contribution in [3.63, 3.8) is 0 Å². The van der Waals surface area contributed by atoms with Crippen molar-refractivity contribution < 1.29 is 9.13 Å². The standard InChI is InChI=1S/C14H15BrFNOS/c1-9(17-2)12-5-3-10(7-13(12)16)18-8-11-4-6-14(15)19-11/h3-7,9,17H,8H2,1-2H3. The molecule has 0 aliphatic carbocycles. The monoisotopic (exact) mass is 343 g/mol. The van der Waals surface area contributed by atoms with Gasteiger partial charge in [-0.3, -0.25) is 0 Å². The molecule has 2 aromatic rings. The van der Waals surface area contributed by atoms with Crippen molar-refractivity contribution in [2.24, 2.45) is 0 Å². The molecule has 1 heterocycles. The number of nitrogens with one attached hydrogen (secondary N) is 1. The van der Waals surface area contributed by atoms with Gasteiger partial charge in [0.1, 0.15) is 18.2 Å². The molecule has 0 bridgehead atoms. The van der Waals surface area contributed by atoms with E-state index >= 15 is 0 Å². The maximum absolute atomic E-state index is 13.9. The van der Waals surface area contributed by atoms with E-state index in [4.69, 9.17) is 4.74 Å². The number of thiophene rings is 1.